The largest absolute Gasteiger partial charge is 0.373 e. The van der Waals surface area contributed by atoms with Crippen LogP contribution in [-0.4, -0.2) is 67.2 Å². The SMILES string of the molecule is CC1CN(CCCN=C(N)N2CCCCCC2)CC(C)O1. The molecule has 21 heavy (non-hydrogen) atoms. The van der Waals surface area contributed by atoms with Crippen molar-refractivity contribution in [3.8, 4) is 0 Å². The first kappa shape index (κ1) is 16.6. The highest BCUT2D eigenvalue weighted by Crippen LogP contribution is 2.11. The van der Waals surface area contributed by atoms with Crippen molar-refractivity contribution in [2.75, 3.05) is 39.3 Å². The Morgan fingerprint density at radius 3 is 2.33 bits per heavy atom. The maximum Gasteiger partial charge on any atom is 0.191 e. The first-order valence-electron chi connectivity index (χ1n) is 8.58. The lowest BCUT2D eigenvalue weighted by molar-refractivity contribution is -0.0679. The molecular weight excluding hydrogens is 264 g/mol. The van der Waals surface area contributed by atoms with Gasteiger partial charge in [0, 0.05) is 39.3 Å². The second-order valence-corrected chi connectivity index (χ2v) is 6.51. The Balaban J connectivity index is 1.66. The van der Waals surface area contributed by atoms with Gasteiger partial charge in [-0.25, -0.2) is 0 Å². The molecule has 5 heteroatoms. The molecule has 2 saturated heterocycles. The number of aliphatic imine (C=N–C) groups is 1. The molecule has 0 radical (unpaired) electrons. The molecule has 2 rings (SSSR count). The highest BCUT2D eigenvalue weighted by molar-refractivity contribution is 5.78. The Kier molecular flexibility index (Phi) is 6.77. The smallest absolute Gasteiger partial charge is 0.191 e. The first-order chi connectivity index (χ1) is 10.1. The summed E-state index contributed by atoms with van der Waals surface area (Å²) in [6, 6.07) is 0. The minimum atomic E-state index is 0.347. The van der Waals surface area contributed by atoms with Gasteiger partial charge in [-0.3, -0.25) is 9.89 Å². The van der Waals surface area contributed by atoms with Gasteiger partial charge in [0.1, 0.15) is 0 Å². The molecule has 0 saturated carbocycles. The maximum absolute atomic E-state index is 6.12. The fourth-order valence-corrected chi connectivity index (χ4v) is 3.35. The Morgan fingerprint density at radius 1 is 1.10 bits per heavy atom. The summed E-state index contributed by atoms with van der Waals surface area (Å²) in [7, 11) is 0. The van der Waals surface area contributed by atoms with Gasteiger partial charge in [-0.1, -0.05) is 12.8 Å². The zero-order valence-corrected chi connectivity index (χ0v) is 13.8. The minimum Gasteiger partial charge on any atom is -0.373 e. The van der Waals surface area contributed by atoms with Crippen LogP contribution in [0.2, 0.25) is 0 Å². The van der Waals surface area contributed by atoms with Gasteiger partial charge in [-0.15, -0.1) is 0 Å². The molecule has 0 bridgehead atoms. The van der Waals surface area contributed by atoms with E-state index in [0.717, 1.165) is 51.6 Å². The molecule has 0 spiro atoms. The summed E-state index contributed by atoms with van der Waals surface area (Å²) in [6.07, 6.45) is 6.93. The van der Waals surface area contributed by atoms with Crippen LogP contribution in [0.15, 0.2) is 4.99 Å². The average molecular weight is 296 g/mol. The molecule has 5 nitrogen and oxygen atoms in total. The van der Waals surface area contributed by atoms with E-state index >= 15 is 0 Å². The highest BCUT2D eigenvalue weighted by Gasteiger charge is 2.21. The van der Waals surface area contributed by atoms with Crippen LogP contribution in [-0.2, 0) is 4.74 Å². The van der Waals surface area contributed by atoms with E-state index in [1.54, 1.807) is 0 Å². The van der Waals surface area contributed by atoms with Crippen molar-refractivity contribution in [2.24, 2.45) is 10.7 Å². The summed E-state index contributed by atoms with van der Waals surface area (Å²) in [5, 5.41) is 0. The van der Waals surface area contributed by atoms with Crippen molar-refractivity contribution >= 4 is 5.96 Å². The summed E-state index contributed by atoms with van der Waals surface area (Å²) in [6.45, 7) is 10.5. The van der Waals surface area contributed by atoms with Crippen LogP contribution in [0, 0.1) is 0 Å². The van der Waals surface area contributed by atoms with Gasteiger partial charge in [-0.05, 0) is 33.1 Å². The number of guanidine groups is 1. The number of morpholine rings is 1. The number of nitrogens with two attached hydrogens (primary N) is 1. The van der Waals surface area contributed by atoms with Gasteiger partial charge in [0.05, 0.1) is 12.2 Å². The van der Waals surface area contributed by atoms with Gasteiger partial charge in [0.15, 0.2) is 5.96 Å². The van der Waals surface area contributed by atoms with Gasteiger partial charge >= 0.3 is 0 Å². The van der Waals surface area contributed by atoms with E-state index in [1.165, 1.54) is 25.7 Å². The van der Waals surface area contributed by atoms with E-state index in [2.05, 4.69) is 28.6 Å². The van der Waals surface area contributed by atoms with Crippen LogP contribution in [0.25, 0.3) is 0 Å². The van der Waals surface area contributed by atoms with Crippen LogP contribution in [0.3, 0.4) is 0 Å². The van der Waals surface area contributed by atoms with Crippen molar-refractivity contribution in [1.29, 1.82) is 0 Å². The summed E-state index contributed by atoms with van der Waals surface area (Å²) in [5.74, 6) is 0.751. The maximum atomic E-state index is 6.12. The third kappa shape index (κ3) is 5.83. The second kappa shape index (κ2) is 8.59. The standard InChI is InChI=1S/C16H32N4O/c1-14-12-19(13-15(2)21-14)9-7-8-18-16(17)20-10-5-3-4-6-11-20/h14-15H,3-13H2,1-2H3,(H2,17,18). The van der Waals surface area contributed by atoms with Crippen LogP contribution >= 0.6 is 0 Å². The van der Waals surface area contributed by atoms with E-state index in [0.29, 0.717) is 12.2 Å². The minimum absolute atomic E-state index is 0.347. The Hall–Kier alpha value is -0.810. The van der Waals surface area contributed by atoms with Crippen LogP contribution in [0.4, 0.5) is 0 Å². The molecule has 2 fully saturated rings. The summed E-state index contributed by atoms with van der Waals surface area (Å²) < 4.78 is 5.76. The number of ether oxygens (including phenoxy) is 1. The lowest BCUT2D eigenvalue weighted by atomic mass is 10.2. The molecule has 2 N–H and O–H groups in total. The Labute approximate surface area is 129 Å². The van der Waals surface area contributed by atoms with Crippen molar-refractivity contribution < 1.29 is 4.74 Å². The van der Waals surface area contributed by atoms with Crippen LogP contribution in [0.5, 0.6) is 0 Å². The summed E-state index contributed by atoms with van der Waals surface area (Å²) >= 11 is 0. The molecule has 2 aliphatic heterocycles. The zero-order valence-electron chi connectivity index (χ0n) is 13.8. The monoisotopic (exact) mass is 296 g/mol. The molecule has 122 valence electrons. The highest BCUT2D eigenvalue weighted by atomic mass is 16.5. The summed E-state index contributed by atoms with van der Waals surface area (Å²) in [5.41, 5.74) is 6.12. The van der Waals surface area contributed by atoms with E-state index in [-0.39, 0.29) is 0 Å². The van der Waals surface area contributed by atoms with Gasteiger partial charge in [0.2, 0.25) is 0 Å². The summed E-state index contributed by atoms with van der Waals surface area (Å²) in [4.78, 5) is 9.31. The number of hydrogen-bond acceptors (Lipinski definition) is 3. The van der Waals surface area contributed by atoms with Crippen LogP contribution < -0.4 is 5.73 Å². The lowest BCUT2D eigenvalue weighted by Crippen LogP contribution is -2.45. The van der Waals surface area contributed by atoms with Crippen molar-refractivity contribution in [1.82, 2.24) is 9.80 Å². The number of likely N-dealkylation sites (tertiary alicyclic amines) is 1. The molecule has 0 aromatic rings. The third-order valence-electron chi connectivity index (χ3n) is 4.33. The molecule has 2 unspecified atom stereocenters. The molecule has 2 atom stereocenters. The molecule has 0 aliphatic carbocycles. The van der Waals surface area contributed by atoms with Gasteiger partial charge in [0.25, 0.3) is 0 Å². The van der Waals surface area contributed by atoms with E-state index in [9.17, 15) is 0 Å². The third-order valence-corrected chi connectivity index (χ3v) is 4.33. The fraction of sp³-hybridized carbons (Fsp3) is 0.938. The fourth-order valence-electron chi connectivity index (χ4n) is 3.35. The first-order valence-corrected chi connectivity index (χ1v) is 8.58. The Morgan fingerprint density at radius 2 is 1.71 bits per heavy atom. The normalized spacial score (nSPS) is 29.4. The van der Waals surface area contributed by atoms with Crippen LogP contribution in [0.1, 0.15) is 46.0 Å². The molecule has 0 aromatic heterocycles. The predicted molar refractivity (Wildman–Crippen MR) is 87.6 cm³/mol. The topological polar surface area (TPSA) is 54.1 Å². The Bertz CT molecular complexity index is 316. The molecule has 0 aromatic carbocycles. The average Bonchev–Trinajstić information content (AvgIpc) is 2.71. The van der Waals surface area contributed by atoms with Crippen molar-refractivity contribution in [3.05, 3.63) is 0 Å². The lowest BCUT2D eigenvalue weighted by Gasteiger charge is -2.35. The van der Waals surface area contributed by atoms with E-state index < -0.39 is 0 Å². The van der Waals surface area contributed by atoms with E-state index in [1.807, 2.05) is 0 Å². The second-order valence-electron chi connectivity index (χ2n) is 6.51. The van der Waals surface area contributed by atoms with E-state index in [4.69, 9.17) is 10.5 Å². The zero-order chi connectivity index (χ0) is 15.1. The quantitative estimate of drug-likeness (QED) is 0.487. The number of nitrogens with zero attached hydrogens (tertiary/aromatic N) is 3. The molecule has 0 amide bonds. The number of hydrogen-bond donors (Lipinski definition) is 1. The number of rotatable bonds is 4. The molecule has 2 heterocycles. The van der Waals surface area contributed by atoms with Crippen molar-refractivity contribution in [2.45, 2.75) is 58.2 Å². The van der Waals surface area contributed by atoms with Gasteiger partial charge in [-0.2, -0.15) is 0 Å². The van der Waals surface area contributed by atoms with Gasteiger partial charge < -0.3 is 15.4 Å². The molecule has 2 aliphatic rings. The van der Waals surface area contributed by atoms with Crippen molar-refractivity contribution in [3.63, 3.8) is 0 Å². The predicted octanol–water partition coefficient (Wildman–Crippen LogP) is 1.68. The molecular formula is C16H32N4O.